The molecule has 0 saturated heterocycles. The predicted molar refractivity (Wildman–Crippen MR) is 66.4 cm³/mol. The Morgan fingerprint density at radius 1 is 1.65 bits per heavy atom. The summed E-state index contributed by atoms with van der Waals surface area (Å²) < 4.78 is 10.3. The lowest BCUT2D eigenvalue weighted by Crippen LogP contribution is -2.14. The minimum absolute atomic E-state index is 0.00373. The fourth-order valence-corrected chi connectivity index (χ4v) is 1.41. The summed E-state index contributed by atoms with van der Waals surface area (Å²) in [6.45, 7) is 0.00373. The fourth-order valence-electron chi connectivity index (χ4n) is 1.41. The normalized spacial score (nSPS) is 11.3. The zero-order valence-corrected chi connectivity index (χ0v) is 10.1. The lowest BCUT2D eigenvalue weighted by Gasteiger charge is -2.05. The number of oxime groups is 1. The van der Waals surface area contributed by atoms with Gasteiger partial charge in [0, 0.05) is 17.8 Å². The number of nitrogens with zero attached hydrogens (tertiary/aromatic N) is 3. The van der Waals surface area contributed by atoms with E-state index in [1.807, 2.05) is 0 Å². The van der Waals surface area contributed by atoms with Crippen molar-refractivity contribution in [3.8, 4) is 5.88 Å². The summed E-state index contributed by atoms with van der Waals surface area (Å²) in [5.41, 5.74) is 5.07. The Kier molecular flexibility index (Phi) is 3.80. The van der Waals surface area contributed by atoms with Crippen LogP contribution in [0.25, 0.3) is 0 Å². The first-order valence-electron chi connectivity index (χ1n) is 5.39. The SMILES string of the molecule is N/C(=N/O)c1cnc(OCc2ccco2)c([N+](=O)[O-])c1. The first kappa shape index (κ1) is 13.3. The van der Waals surface area contributed by atoms with Gasteiger partial charge in [0.25, 0.3) is 5.88 Å². The van der Waals surface area contributed by atoms with Gasteiger partial charge in [-0.25, -0.2) is 4.98 Å². The van der Waals surface area contributed by atoms with Crippen molar-refractivity contribution in [2.45, 2.75) is 6.61 Å². The van der Waals surface area contributed by atoms with Gasteiger partial charge in [-0.2, -0.15) is 0 Å². The van der Waals surface area contributed by atoms with Gasteiger partial charge in [0.2, 0.25) is 0 Å². The van der Waals surface area contributed by atoms with Crippen LogP contribution in [0.2, 0.25) is 0 Å². The van der Waals surface area contributed by atoms with Crippen molar-refractivity contribution in [2.75, 3.05) is 0 Å². The Morgan fingerprint density at radius 3 is 3.05 bits per heavy atom. The Balaban J connectivity index is 2.26. The highest BCUT2D eigenvalue weighted by molar-refractivity contribution is 5.97. The van der Waals surface area contributed by atoms with E-state index >= 15 is 0 Å². The molecule has 2 rings (SSSR count). The van der Waals surface area contributed by atoms with E-state index in [-0.39, 0.29) is 29.6 Å². The molecule has 0 aliphatic heterocycles. The molecule has 2 heterocycles. The lowest BCUT2D eigenvalue weighted by molar-refractivity contribution is -0.386. The van der Waals surface area contributed by atoms with E-state index in [0.717, 1.165) is 6.07 Å². The summed E-state index contributed by atoms with van der Waals surface area (Å²) >= 11 is 0. The molecular formula is C11H10N4O5. The van der Waals surface area contributed by atoms with Crippen LogP contribution in [-0.2, 0) is 6.61 Å². The van der Waals surface area contributed by atoms with Crippen LogP contribution in [0.1, 0.15) is 11.3 Å². The summed E-state index contributed by atoms with van der Waals surface area (Å²) in [5.74, 6) is 0.0423. The van der Waals surface area contributed by atoms with E-state index in [0.29, 0.717) is 5.76 Å². The van der Waals surface area contributed by atoms with E-state index in [2.05, 4.69) is 10.1 Å². The number of aromatic nitrogens is 1. The van der Waals surface area contributed by atoms with Gasteiger partial charge in [0.1, 0.15) is 12.4 Å². The number of pyridine rings is 1. The van der Waals surface area contributed by atoms with Gasteiger partial charge < -0.3 is 20.1 Å². The van der Waals surface area contributed by atoms with Crippen molar-refractivity contribution in [1.82, 2.24) is 4.98 Å². The van der Waals surface area contributed by atoms with E-state index in [1.54, 1.807) is 12.1 Å². The number of hydrogen-bond donors (Lipinski definition) is 2. The van der Waals surface area contributed by atoms with Gasteiger partial charge in [-0.3, -0.25) is 10.1 Å². The summed E-state index contributed by atoms with van der Waals surface area (Å²) in [4.78, 5) is 14.1. The molecule has 0 radical (unpaired) electrons. The Morgan fingerprint density at radius 2 is 2.45 bits per heavy atom. The van der Waals surface area contributed by atoms with Crippen molar-refractivity contribution in [3.05, 3.63) is 52.1 Å². The topological polar surface area (TPSA) is 137 Å². The molecule has 0 amide bonds. The maximum atomic E-state index is 11.0. The van der Waals surface area contributed by atoms with Crippen molar-refractivity contribution < 1.29 is 19.3 Å². The van der Waals surface area contributed by atoms with Crippen LogP contribution in [0, 0.1) is 10.1 Å². The van der Waals surface area contributed by atoms with E-state index < -0.39 is 4.92 Å². The quantitative estimate of drug-likeness (QED) is 0.276. The summed E-state index contributed by atoms with van der Waals surface area (Å²) in [6.07, 6.45) is 2.67. The standard InChI is InChI=1S/C11H10N4O5/c12-10(14-16)7-4-9(15(17)18)11(13-5-7)20-6-8-2-1-3-19-8/h1-5,16H,6H2,(H2,12,14). The molecule has 0 aliphatic rings. The molecule has 9 heteroatoms. The molecule has 0 saturated carbocycles. The smallest absolute Gasteiger partial charge is 0.331 e. The minimum atomic E-state index is -0.668. The lowest BCUT2D eigenvalue weighted by atomic mass is 10.2. The molecule has 0 bridgehead atoms. The van der Waals surface area contributed by atoms with Crippen LogP contribution >= 0.6 is 0 Å². The van der Waals surface area contributed by atoms with Crippen LogP contribution in [0.3, 0.4) is 0 Å². The predicted octanol–water partition coefficient (Wildman–Crippen LogP) is 1.26. The van der Waals surface area contributed by atoms with Gasteiger partial charge in [0.15, 0.2) is 5.84 Å². The zero-order chi connectivity index (χ0) is 14.5. The third kappa shape index (κ3) is 2.83. The Labute approximate surface area is 112 Å². The Hall–Kier alpha value is -3.10. The van der Waals surface area contributed by atoms with Crippen molar-refractivity contribution >= 4 is 11.5 Å². The number of nitrogens with two attached hydrogens (primary N) is 1. The molecule has 0 spiro atoms. The number of rotatable bonds is 5. The average molecular weight is 278 g/mol. The third-order valence-corrected chi connectivity index (χ3v) is 2.36. The van der Waals surface area contributed by atoms with Gasteiger partial charge in [0.05, 0.1) is 11.2 Å². The summed E-state index contributed by atoms with van der Waals surface area (Å²) in [6, 6.07) is 4.44. The fraction of sp³-hybridized carbons (Fsp3) is 0.0909. The molecule has 20 heavy (non-hydrogen) atoms. The number of furan rings is 1. The molecule has 0 aliphatic carbocycles. The van der Waals surface area contributed by atoms with Crippen LogP contribution < -0.4 is 10.5 Å². The molecule has 2 aromatic rings. The van der Waals surface area contributed by atoms with E-state index in [4.69, 9.17) is 20.1 Å². The van der Waals surface area contributed by atoms with Crippen LogP contribution in [0.15, 0.2) is 40.2 Å². The first-order valence-corrected chi connectivity index (χ1v) is 5.39. The van der Waals surface area contributed by atoms with Crippen LogP contribution in [0.4, 0.5) is 5.69 Å². The largest absolute Gasteiger partial charge is 0.466 e. The van der Waals surface area contributed by atoms with Crippen molar-refractivity contribution in [3.63, 3.8) is 0 Å². The average Bonchev–Trinajstić information content (AvgIpc) is 2.97. The van der Waals surface area contributed by atoms with Gasteiger partial charge in [-0.1, -0.05) is 5.16 Å². The molecule has 9 nitrogen and oxygen atoms in total. The highest BCUT2D eigenvalue weighted by Gasteiger charge is 2.19. The highest BCUT2D eigenvalue weighted by Crippen LogP contribution is 2.25. The minimum Gasteiger partial charge on any atom is -0.466 e. The number of amidine groups is 1. The summed E-state index contributed by atoms with van der Waals surface area (Å²) in [7, 11) is 0. The monoisotopic (exact) mass is 278 g/mol. The molecule has 0 aromatic carbocycles. The third-order valence-electron chi connectivity index (χ3n) is 2.36. The second kappa shape index (κ2) is 5.69. The van der Waals surface area contributed by atoms with Crippen molar-refractivity contribution in [1.29, 1.82) is 0 Å². The maximum absolute atomic E-state index is 11.0. The molecule has 0 unspecified atom stereocenters. The molecule has 0 atom stereocenters. The number of nitro groups is 1. The molecule has 3 N–H and O–H groups in total. The van der Waals surface area contributed by atoms with Gasteiger partial charge >= 0.3 is 5.69 Å². The van der Waals surface area contributed by atoms with Crippen LogP contribution in [0.5, 0.6) is 5.88 Å². The van der Waals surface area contributed by atoms with Crippen LogP contribution in [-0.4, -0.2) is 21.0 Å². The summed E-state index contributed by atoms with van der Waals surface area (Å²) in [5, 5.41) is 22.3. The number of hydrogen-bond acceptors (Lipinski definition) is 7. The van der Waals surface area contributed by atoms with Crippen molar-refractivity contribution in [2.24, 2.45) is 10.9 Å². The highest BCUT2D eigenvalue weighted by atomic mass is 16.6. The molecule has 2 aromatic heterocycles. The second-order valence-electron chi connectivity index (χ2n) is 3.66. The zero-order valence-electron chi connectivity index (χ0n) is 10.1. The van der Waals surface area contributed by atoms with E-state index in [1.165, 1.54) is 12.5 Å². The second-order valence-corrected chi connectivity index (χ2v) is 3.66. The van der Waals surface area contributed by atoms with Gasteiger partial charge in [-0.05, 0) is 12.1 Å². The van der Waals surface area contributed by atoms with E-state index in [9.17, 15) is 10.1 Å². The maximum Gasteiger partial charge on any atom is 0.331 e. The van der Waals surface area contributed by atoms with Gasteiger partial charge in [-0.15, -0.1) is 0 Å². The first-order chi connectivity index (χ1) is 9.61. The Bertz CT molecular complexity index is 638. The number of ether oxygens (including phenoxy) is 1. The molecule has 0 fully saturated rings. The molecule has 104 valence electrons. The molecular weight excluding hydrogens is 268 g/mol.